The number of fused-ring (bicyclic) bond motifs is 1. The SMILES string of the molecule is O=C(c1n[nH]c(=O)c2ccccc12)N1CCN(Cc2nnnn2-c2ccccc2)CC1. The van der Waals surface area contributed by atoms with Crippen LogP contribution in [0.3, 0.4) is 0 Å². The fourth-order valence-corrected chi connectivity index (χ4v) is 3.81. The third-order valence-corrected chi connectivity index (χ3v) is 5.46. The zero-order chi connectivity index (χ0) is 21.2. The molecule has 1 fully saturated rings. The molecule has 0 spiro atoms. The van der Waals surface area contributed by atoms with Crippen LogP contribution in [0.2, 0.25) is 0 Å². The number of piperazine rings is 1. The second-order valence-electron chi connectivity index (χ2n) is 7.36. The van der Waals surface area contributed by atoms with Gasteiger partial charge in [-0.3, -0.25) is 14.5 Å². The maximum Gasteiger partial charge on any atom is 0.275 e. The molecule has 1 amide bonds. The van der Waals surface area contributed by atoms with E-state index in [9.17, 15) is 9.59 Å². The largest absolute Gasteiger partial charge is 0.335 e. The first-order valence-electron chi connectivity index (χ1n) is 10.0. The van der Waals surface area contributed by atoms with Crippen molar-refractivity contribution in [2.45, 2.75) is 6.54 Å². The molecule has 156 valence electrons. The van der Waals surface area contributed by atoms with E-state index in [1.807, 2.05) is 30.3 Å². The van der Waals surface area contributed by atoms with Crippen molar-refractivity contribution in [2.24, 2.45) is 0 Å². The molecule has 0 radical (unpaired) electrons. The highest BCUT2D eigenvalue weighted by atomic mass is 16.2. The minimum absolute atomic E-state index is 0.179. The van der Waals surface area contributed by atoms with E-state index >= 15 is 0 Å². The first-order valence-corrected chi connectivity index (χ1v) is 10.0. The number of tetrazole rings is 1. The summed E-state index contributed by atoms with van der Waals surface area (Å²) < 4.78 is 1.73. The second kappa shape index (κ2) is 8.07. The summed E-state index contributed by atoms with van der Waals surface area (Å²) in [5, 5.41) is 19.6. The van der Waals surface area contributed by atoms with Crippen molar-refractivity contribution < 1.29 is 4.79 Å². The standard InChI is InChI=1S/C21H20N8O2/c30-20-17-9-5-4-8-16(17)19(23-24-20)21(31)28-12-10-27(11-13-28)14-18-22-25-26-29(18)15-6-2-1-3-7-15/h1-9H,10-14H2,(H,24,30). The molecule has 0 atom stereocenters. The van der Waals surface area contributed by atoms with Crippen LogP contribution in [0.5, 0.6) is 0 Å². The molecule has 5 rings (SSSR count). The van der Waals surface area contributed by atoms with Gasteiger partial charge in [0.2, 0.25) is 0 Å². The van der Waals surface area contributed by atoms with Crippen molar-refractivity contribution >= 4 is 16.7 Å². The number of H-pyrrole nitrogens is 1. The Hall–Kier alpha value is -3.92. The number of carbonyl (C=O) groups excluding carboxylic acids is 1. The number of rotatable bonds is 4. The third-order valence-electron chi connectivity index (χ3n) is 5.46. The van der Waals surface area contributed by atoms with Crippen molar-refractivity contribution in [2.75, 3.05) is 26.2 Å². The molecule has 1 N–H and O–H groups in total. The highest BCUT2D eigenvalue weighted by Crippen LogP contribution is 2.16. The van der Waals surface area contributed by atoms with E-state index in [2.05, 4.69) is 30.6 Å². The number of amides is 1. The van der Waals surface area contributed by atoms with Crippen molar-refractivity contribution in [1.29, 1.82) is 0 Å². The molecule has 0 unspecified atom stereocenters. The summed E-state index contributed by atoms with van der Waals surface area (Å²) in [5.41, 5.74) is 0.886. The van der Waals surface area contributed by atoms with E-state index < -0.39 is 0 Å². The van der Waals surface area contributed by atoms with Crippen molar-refractivity contribution in [1.82, 2.24) is 40.2 Å². The summed E-state index contributed by atoms with van der Waals surface area (Å²) in [7, 11) is 0. The maximum absolute atomic E-state index is 13.1. The molecule has 4 aromatic rings. The van der Waals surface area contributed by atoms with Gasteiger partial charge in [0.15, 0.2) is 11.5 Å². The van der Waals surface area contributed by atoms with Gasteiger partial charge in [-0.15, -0.1) is 5.10 Å². The van der Waals surface area contributed by atoms with Crippen LogP contribution in [0.25, 0.3) is 16.5 Å². The van der Waals surface area contributed by atoms with Crippen LogP contribution >= 0.6 is 0 Å². The average Bonchev–Trinajstić information content (AvgIpc) is 3.28. The Balaban J connectivity index is 1.28. The fraction of sp³-hybridized carbons (Fsp3) is 0.238. The Morgan fingerprint density at radius 2 is 1.65 bits per heavy atom. The molecule has 1 saturated heterocycles. The van der Waals surface area contributed by atoms with Crippen molar-refractivity contribution in [3.05, 3.63) is 76.5 Å². The van der Waals surface area contributed by atoms with Gasteiger partial charge in [-0.05, 0) is 28.6 Å². The minimum atomic E-state index is -0.298. The zero-order valence-corrected chi connectivity index (χ0v) is 16.7. The monoisotopic (exact) mass is 416 g/mol. The molecule has 31 heavy (non-hydrogen) atoms. The Labute approximate surface area is 177 Å². The molecular weight excluding hydrogens is 396 g/mol. The molecule has 2 aromatic carbocycles. The smallest absolute Gasteiger partial charge is 0.275 e. The summed E-state index contributed by atoms with van der Waals surface area (Å²) in [6.07, 6.45) is 0. The van der Waals surface area contributed by atoms with Crippen molar-refractivity contribution in [3.8, 4) is 5.69 Å². The average molecular weight is 416 g/mol. The number of hydrogen-bond donors (Lipinski definition) is 1. The summed E-state index contributed by atoms with van der Waals surface area (Å²) in [5.74, 6) is 0.570. The van der Waals surface area contributed by atoms with Gasteiger partial charge in [0, 0.05) is 31.6 Å². The summed E-state index contributed by atoms with van der Waals surface area (Å²) in [6.45, 7) is 3.08. The lowest BCUT2D eigenvalue weighted by Gasteiger charge is -2.34. The van der Waals surface area contributed by atoms with Crippen LogP contribution in [0.4, 0.5) is 0 Å². The van der Waals surface area contributed by atoms with Gasteiger partial charge in [-0.2, -0.15) is 9.78 Å². The van der Waals surface area contributed by atoms with Crippen LogP contribution < -0.4 is 5.56 Å². The lowest BCUT2D eigenvalue weighted by molar-refractivity contribution is 0.0619. The van der Waals surface area contributed by atoms with E-state index in [0.717, 1.165) is 11.5 Å². The predicted octanol–water partition coefficient (Wildman–Crippen LogP) is 0.857. The number of nitrogens with zero attached hydrogens (tertiary/aromatic N) is 7. The van der Waals surface area contributed by atoms with Crippen LogP contribution in [-0.2, 0) is 6.54 Å². The number of carbonyl (C=O) groups is 1. The first kappa shape index (κ1) is 19.1. The lowest BCUT2D eigenvalue weighted by atomic mass is 10.1. The molecule has 0 saturated carbocycles. The Bertz CT molecular complexity index is 1280. The molecule has 10 nitrogen and oxygen atoms in total. The number of benzene rings is 2. The van der Waals surface area contributed by atoms with Crippen LogP contribution in [-0.4, -0.2) is 72.3 Å². The van der Waals surface area contributed by atoms with Crippen LogP contribution in [0.1, 0.15) is 16.3 Å². The predicted molar refractivity (Wildman–Crippen MR) is 113 cm³/mol. The number of hydrogen-bond acceptors (Lipinski definition) is 7. The molecule has 0 bridgehead atoms. The number of nitrogens with one attached hydrogen (secondary N) is 1. The quantitative estimate of drug-likeness (QED) is 0.525. The van der Waals surface area contributed by atoms with E-state index in [4.69, 9.17) is 0 Å². The molecular formula is C21H20N8O2. The molecule has 1 aliphatic heterocycles. The second-order valence-corrected chi connectivity index (χ2v) is 7.36. The minimum Gasteiger partial charge on any atom is -0.335 e. The summed E-state index contributed by atoms with van der Waals surface area (Å²) >= 11 is 0. The number of para-hydroxylation sites is 1. The normalized spacial score (nSPS) is 14.8. The first-order chi connectivity index (χ1) is 15.2. The molecule has 2 aromatic heterocycles. The van der Waals surface area contributed by atoms with Gasteiger partial charge in [0.1, 0.15) is 0 Å². The molecule has 3 heterocycles. The zero-order valence-electron chi connectivity index (χ0n) is 16.7. The molecule has 10 heteroatoms. The van der Waals surface area contributed by atoms with E-state index in [-0.39, 0.29) is 17.2 Å². The summed E-state index contributed by atoms with van der Waals surface area (Å²) in [4.78, 5) is 29.0. The van der Waals surface area contributed by atoms with Crippen LogP contribution in [0.15, 0.2) is 59.4 Å². The fourth-order valence-electron chi connectivity index (χ4n) is 3.81. The molecule has 1 aliphatic rings. The highest BCUT2D eigenvalue weighted by molar-refractivity contribution is 6.04. The maximum atomic E-state index is 13.1. The van der Waals surface area contributed by atoms with Gasteiger partial charge in [-0.1, -0.05) is 36.4 Å². The van der Waals surface area contributed by atoms with Gasteiger partial charge < -0.3 is 4.90 Å². The van der Waals surface area contributed by atoms with E-state index in [1.165, 1.54) is 0 Å². The Morgan fingerprint density at radius 1 is 0.935 bits per heavy atom. The topological polar surface area (TPSA) is 113 Å². The van der Waals surface area contributed by atoms with E-state index in [0.29, 0.717) is 43.5 Å². The third kappa shape index (κ3) is 3.68. The van der Waals surface area contributed by atoms with Crippen molar-refractivity contribution in [3.63, 3.8) is 0 Å². The molecule has 0 aliphatic carbocycles. The van der Waals surface area contributed by atoms with Crippen LogP contribution in [0, 0.1) is 0 Å². The lowest BCUT2D eigenvalue weighted by Crippen LogP contribution is -2.48. The summed E-state index contributed by atoms with van der Waals surface area (Å²) in [6, 6.07) is 16.8. The Morgan fingerprint density at radius 3 is 2.42 bits per heavy atom. The van der Waals surface area contributed by atoms with Gasteiger partial charge in [0.05, 0.1) is 17.6 Å². The number of aromatic amines is 1. The Kier molecular flexibility index (Phi) is 4.97. The highest BCUT2D eigenvalue weighted by Gasteiger charge is 2.26. The van der Waals surface area contributed by atoms with Gasteiger partial charge >= 0.3 is 0 Å². The van der Waals surface area contributed by atoms with Gasteiger partial charge in [-0.25, -0.2) is 5.10 Å². The van der Waals surface area contributed by atoms with E-state index in [1.54, 1.807) is 33.8 Å². The van der Waals surface area contributed by atoms with Gasteiger partial charge in [0.25, 0.3) is 11.5 Å². The number of aromatic nitrogens is 6.